The fourth-order valence-electron chi connectivity index (χ4n) is 0.949. The maximum atomic E-state index is 10.7. The SMILES string of the molecule is CC(=O)/C=C/CN1CCOC(=O)N1. The third kappa shape index (κ3) is 3.71. The Morgan fingerprint density at radius 3 is 3.15 bits per heavy atom. The zero-order valence-corrected chi connectivity index (χ0v) is 7.45. The Hall–Kier alpha value is -1.36. The lowest BCUT2D eigenvalue weighted by atomic mass is 10.4. The van der Waals surface area contributed by atoms with Crippen molar-refractivity contribution in [1.29, 1.82) is 0 Å². The maximum absolute atomic E-state index is 10.7. The second kappa shape index (κ2) is 4.61. The smallest absolute Gasteiger partial charge is 0.421 e. The summed E-state index contributed by atoms with van der Waals surface area (Å²) in [6.45, 7) is 3.02. The van der Waals surface area contributed by atoms with Gasteiger partial charge in [0, 0.05) is 6.54 Å². The first-order valence-corrected chi connectivity index (χ1v) is 4.04. The van der Waals surface area contributed by atoms with Gasteiger partial charge in [0.2, 0.25) is 0 Å². The molecule has 1 amide bonds. The highest BCUT2D eigenvalue weighted by Crippen LogP contribution is 1.93. The summed E-state index contributed by atoms with van der Waals surface area (Å²) >= 11 is 0. The highest BCUT2D eigenvalue weighted by atomic mass is 16.6. The van der Waals surface area contributed by atoms with E-state index in [2.05, 4.69) is 10.2 Å². The molecule has 13 heavy (non-hydrogen) atoms. The quantitative estimate of drug-likeness (QED) is 0.631. The van der Waals surface area contributed by atoms with Crippen LogP contribution in [0.2, 0.25) is 0 Å². The first-order chi connectivity index (χ1) is 6.18. The molecule has 5 nitrogen and oxygen atoms in total. The second-order valence-corrected chi connectivity index (χ2v) is 2.71. The largest absolute Gasteiger partial charge is 0.447 e. The molecule has 0 saturated carbocycles. The van der Waals surface area contributed by atoms with Gasteiger partial charge >= 0.3 is 6.09 Å². The van der Waals surface area contributed by atoms with Crippen molar-refractivity contribution in [1.82, 2.24) is 10.4 Å². The number of allylic oxidation sites excluding steroid dienone is 1. The standard InChI is InChI=1S/C8H12N2O3/c1-7(11)3-2-4-10-5-6-13-8(12)9-10/h2-3H,4-6H2,1H3,(H,9,12)/b3-2+. The fraction of sp³-hybridized carbons (Fsp3) is 0.500. The van der Waals surface area contributed by atoms with E-state index in [1.807, 2.05) is 0 Å². The Balaban J connectivity index is 2.28. The van der Waals surface area contributed by atoms with Gasteiger partial charge in [0.1, 0.15) is 6.61 Å². The first kappa shape index (κ1) is 9.73. The van der Waals surface area contributed by atoms with E-state index in [4.69, 9.17) is 0 Å². The molecule has 0 radical (unpaired) electrons. The van der Waals surface area contributed by atoms with E-state index in [1.165, 1.54) is 13.0 Å². The van der Waals surface area contributed by atoms with E-state index in [0.717, 1.165) is 0 Å². The summed E-state index contributed by atoms with van der Waals surface area (Å²) in [6.07, 6.45) is 2.73. The first-order valence-electron chi connectivity index (χ1n) is 4.04. The summed E-state index contributed by atoms with van der Waals surface area (Å²) in [5.41, 5.74) is 2.50. The van der Waals surface area contributed by atoms with Crippen molar-refractivity contribution in [2.75, 3.05) is 19.7 Å². The van der Waals surface area contributed by atoms with Crippen LogP contribution in [0.25, 0.3) is 0 Å². The predicted octanol–water partition coefficient (Wildman–Crippen LogP) is 0.0884. The Kier molecular flexibility index (Phi) is 3.45. The molecule has 0 unspecified atom stereocenters. The van der Waals surface area contributed by atoms with Crippen molar-refractivity contribution in [3.05, 3.63) is 12.2 Å². The van der Waals surface area contributed by atoms with Gasteiger partial charge in [-0.2, -0.15) is 0 Å². The monoisotopic (exact) mass is 184 g/mol. The summed E-state index contributed by atoms with van der Waals surface area (Å²) in [7, 11) is 0. The van der Waals surface area contributed by atoms with Crippen LogP contribution >= 0.6 is 0 Å². The van der Waals surface area contributed by atoms with Gasteiger partial charge in [-0.25, -0.2) is 9.80 Å². The van der Waals surface area contributed by atoms with Gasteiger partial charge < -0.3 is 4.74 Å². The predicted molar refractivity (Wildman–Crippen MR) is 45.9 cm³/mol. The van der Waals surface area contributed by atoms with E-state index in [1.54, 1.807) is 11.1 Å². The minimum Gasteiger partial charge on any atom is -0.447 e. The van der Waals surface area contributed by atoms with E-state index < -0.39 is 6.09 Å². The Labute approximate surface area is 76.3 Å². The summed E-state index contributed by atoms with van der Waals surface area (Å²) < 4.78 is 4.65. The summed E-state index contributed by atoms with van der Waals surface area (Å²) in [4.78, 5) is 21.2. The van der Waals surface area contributed by atoms with E-state index in [0.29, 0.717) is 19.7 Å². The van der Waals surface area contributed by atoms with Crippen LogP contribution < -0.4 is 5.43 Å². The number of ether oxygens (including phenoxy) is 1. The van der Waals surface area contributed by atoms with Crippen molar-refractivity contribution in [3.63, 3.8) is 0 Å². The number of carbonyl (C=O) groups excluding carboxylic acids is 2. The Morgan fingerprint density at radius 2 is 2.54 bits per heavy atom. The number of ketones is 1. The van der Waals surface area contributed by atoms with E-state index in [-0.39, 0.29) is 5.78 Å². The van der Waals surface area contributed by atoms with E-state index in [9.17, 15) is 9.59 Å². The van der Waals surface area contributed by atoms with Crippen molar-refractivity contribution in [2.45, 2.75) is 6.92 Å². The average Bonchev–Trinajstić information content (AvgIpc) is 2.03. The molecule has 1 rings (SSSR count). The molecule has 1 N–H and O–H groups in total. The third-order valence-corrected chi connectivity index (χ3v) is 1.52. The summed E-state index contributed by atoms with van der Waals surface area (Å²) in [5, 5.41) is 1.69. The van der Waals surface area contributed by atoms with Crippen LogP contribution in [0.4, 0.5) is 4.79 Å². The highest BCUT2D eigenvalue weighted by molar-refractivity contribution is 5.87. The minimum absolute atomic E-state index is 0.000383. The van der Waals surface area contributed by atoms with Gasteiger partial charge in [0.05, 0.1) is 6.54 Å². The molecule has 1 heterocycles. The Bertz CT molecular complexity index is 238. The van der Waals surface area contributed by atoms with Crippen LogP contribution in [0, 0.1) is 0 Å². The molecule has 0 aliphatic carbocycles. The topological polar surface area (TPSA) is 58.6 Å². The zero-order valence-electron chi connectivity index (χ0n) is 7.45. The van der Waals surface area contributed by atoms with Crippen LogP contribution in [-0.4, -0.2) is 36.6 Å². The number of nitrogens with one attached hydrogen (secondary N) is 1. The van der Waals surface area contributed by atoms with Gasteiger partial charge in [-0.05, 0) is 13.0 Å². The van der Waals surface area contributed by atoms with Gasteiger partial charge in [-0.15, -0.1) is 0 Å². The third-order valence-electron chi connectivity index (χ3n) is 1.52. The van der Waals surface area contributed by atoms with Crippen molar-refractivity contribution >= 4 is 11.9 Å². The van der Waals surface area contributed by atoms with Gasteiger partial charge in [-0.3, -0.25) is 10.2 Å². The van der Waals surface area contributed by atoms with Gasteiger partial charge in [-0.1, -0.05) is 6.08 Å². The minimum atomic E-state index is -0.442. The molecule has 0 bridgehead atoms. The van der Waals surface area contributed by atoms with Gasteiger partial charge in [0.25, 0.3) is 0 Å². The molecule has 72 valence electrons. The van der Waals surface area contributed by atoms with Crippen molar-refractivity contribution in [2.24, 2.45) is 0 Å². The van der Waals surface area contributed by atoms with Crippen LogP contribution in [-0.2, 0) is 9.53 Å². The number of hydrogen-bond donors (Lipinski definition) is 1. The number of amides is 1. The van der Waals surface area contributed by atoms with Crippen LogP contribution in [0.15, 0.2) is 12.2 Å². The molecule has 0 atom stereocenters. The second-order valence-electron chi connectivity index (χ2n) is 2.71. The maximum Gasteiger partial charge on any atom is 0.421 e. The number of carbonyl (C=O) groups is 2. The molecule has 0 aromatic carbocycles. The normalized spacial score (nSPS) is 18.4. The van der Waals surface area contributed by atoms with Crippen LogP contribution in [0.1, 0.15) is 6.92 Å². The number of cyclic esters (lactones) is 1. The lowest BCUT2D eigenvalue weighted by molar-refractivity contribution is -0.112. The number of hydrazine groups is 1. The summed E-state index contributed by atoms with van der Waals surface area (Å²) in [5.74, 6) is -0.000383. The molecular weight excluding hydrogens is 172 g/mol. The molecule has 0 spiro atoms. The molecule has 1 aliphatic heterocycles. The zero-order chi connectivity index (χ0) is 9.68. The lowest BCUT2D eigenvalue weighted by Crippen LogP contribution is -2.49. The van der Waals surface area contributed by atoms with Gasteiger partial charge in [0.15, 0.2) is 5.78 Å². The van der Waals surface area contributed by atoms with Crippen molar-refractivity contribution < 1.29 is 14.3 Å². The average molecular weight is 184 g/mol. The Morgan fingerprint density at radius 1 is 1.77 bits per heavy atom. The number of hydrogen-bond acceptors (Lipinski definition) is 4. The molecule has 1 fully saturated rings. The highest BCUT2D eigenvalue weighted by Gasteiger charge is 2.14. The molecule has 5 heteroatoms. The number of rotatable bonds is 3. The van der Waals surface area contributed by atoms with E-state index >= 15 is 0 Å². The molecule has 0 aromatic heterocycles. The molecule has 1 aliphatic rings. The van der Waals surface area contributed by atoms with Crippen LogP contribution in [0.3, 0.4) is 0 Å². The number of nitrogens with zero attached hydrogens (tertiary/aromatic N) is 1. The van der Waals surface area contributed by atoms with Crippen molar-refractivity contribution in [3.8, 4) is 0 Å². The molecule has 0 aromatic rings. The molecule has 1 saturated heterocycles. The summed E-state index contributed by atoms with van der Waals surface area (Å²) in [6, 6.07) is 0. The molecular formula is C8H12N2O3. The lowest BCUT2D eigenvalue weighted by Gasteiger charge is -2.25. The van der Waals surface area contributed by atoms with Crippen LogP contribution in [0.5, 0.6) is 0 Å². The fourth-order valence-corrected chi connectivity index (χ4v) is 0.949.